The number of rotatable bonds is 24. The molecule has 0 atom stereocenters. The van der Waals surface area contributed by atoms with Gasteiger partial charge in [0, 0.05) is 44.4 Å². The molecule has 0 saturated carbocycles. The first-order valence-electron chi connectivity index (χ1n) is 23.4. The van der Waals surface area contributed by atoms with Crippen molar-refractivity contribution in [3.05, 3.63) is 92.0 Å². The van der Waals surface area contributed by atoms with Crippen molar-refractivity contribution >= 4 is 64.7 Å². The van der Waals surface area contributed by atoms with Gasteiger partial charge < -0.3 is 9.13 Å². The van der Waals surface area contributed by atoms with Crippen LogP contribution in [0.3, 0.4) is 0 Å². The third kappa shape index (κ3) is 10.4. The molecule has 6 nitrogen and oxygen atoms in total. The van der Waals surface area contributed by atoms with Crippen molar-refractivity contribution in [2.45, 2.75) is 155 Å². The van der Waals surface area contributed by atoms with Crippen molar-refractivity contribution in [3.8, 4) is 20.9 Å². The Balaban J connectivity index is 1.34. The molecule has 0 aliphatic rings. The SMILES string of the molecule is CCCCCCCCCCCCn1c(=O)c2cc3c(cc2c2sc(-c4c(F)c(F)nc(F)c4F)cc21)c(=O)n(CCCCCCCCCCCC)c1cc(-c2c(F)c(F)nc(F)c2F)sc31. The van der Waals surface area contributed by atoms with Gasteiger partial charge in [-0.15, -0.1) is 22.7 Å². The Morgan fingerprint density at radius 1 is 0.409 bits per heavy atom. The van der Waals surface area contributed by atoms with E-state index in [4.69, 9.17) is 0 Å². The van der Waals surface area contributed by atoms with Crippen LogP contribution in [0.2, 0.25) is 0 Å². The van der Waals surface area contributed by atoms with Gasteiger partial charge in [-0.1, -0.05) is 129 Å². The second-order valence-electron chi connectivity index (χ2n) is 17.3. The first kappa shape index (κ1) is 49.2. The number of halogens is 8. The van der Waals surface area contributed by atoms with E-state index in [2.05, 4.69) is 23.8 Å². The number of pyridine rings is 4. The van der Waals surface area contributed by atoms with Crippen molar-refractivity contribution in [2.24, 2.45) is 0 Å². The standard InChI is InChI=1S/C50H54F8N4O2S2/c1-3-5-7-9-11-13-15-17-19-21-23-61-33-27-35(37-39(51)45(55)59-46(56)40(37)52)65-43(33)29-26-32-30(25-31(29)49(61)63)44-34(28-36(66-44)38-41(53)47(57)60-48(58)42(38)54)62(50(32)64)24-22-20-18-16-14-12-10-8-6-4-2/h25-28H,3-24H2,1-2H3. The van der Waals surface area contributed by atoms with Crippen molar-refractivity contribution in [1.29, 1.82) is 0 Å². The van der Waals surface area contributed by atoms with Gasteiger partial charge in [-0.25, -0.2) is 17.6 Å². The van der Waals surface area contributed by atoms with Gasteiger partial charge in [0.2, 0.25) is 0 Å². The summed E-state index contributed by atoms with van der Waals surface area (Å²) in [5, 5.41) is 0.681. The van der Waals surface area contributed by atoms with Crippen LogP contribution in [-0.4, -0.2) is 19.1 Å². The lowest BCUT2D eigenvalue weighted by molar-refractivity contribution is 0.411. The molecule has 0 fully saturated rings. The third-order valence-corrected chi connectivity index (χ3v) is 14.9. The number of benzene rings is 1. The summed E-state index contributed by atoms with van der Waals surface area (Å²) >= 11 is 1.59. The van der Waals surface area contributed by atoms with Gasteiger partial charge in [0.15, 0.2) is 23.3 Å². The average Bonchev–Trinajstić information content (AvgIpc) is 3.94. The number of fused-ring (bicyclic) bond motifs is 6. The number of aromatic nitrogens is 4. The smallest absolute Gasteiger partial charge is 0.258 e. The molecule has 0 saturated heterocycles. The molecule has 6 aromatic heterocycles. The number of hydrogen-bond acceptors (Lipinski definition) is 6. The van der Waals surface area contributed by atoms with Gasteiger partial charge in [-0.2, -0.15) is 27.5 Å². The summed E-state index contributed by atoms with van der Waals surface area (Å²) in [5.41, 5.74) is -2.49. The molecule has 0 radical (unpaired) electrons. The van der Waals surface area contributed by atoms with Crippen LogP contribution in [0.1, 0.15) is 142 Å². The molecular formula is C50H54F8N4O2S2. The fourth-order valence-electron chi connectivity index (χ4n) is 9.00. The van der Waals surface area contributed by atoms with Gasteiger partial charge in [-0.05, 0) is 37.1 Å². The second kappa shape index (κ2) is 22.4. The minimum Gasteiger partial charge on any atom is -0.307 e. The Bertz CT molecular complexity index is 2730. The Kier molecular flexibility index (Phi) is 16.7. The van der Waals surface area contributed by atoms with Crippen molar-refractivity contribution in [3.63, 3.8) is 0 Å². The van der Waals surface area contributed by atoms with E-state index < -0.39 is 69.3 Å². The number of nitrogens with zero attached hydrogens (tertiary/aromatic N) is 4. The zero-order valence-corrected chi connectivity index (χ0v) is 38.9. The first-order chi connectivity index (χ1) is 31.9. The van der Waals surface area contributed by atoms with Crippen LogP contribution < -0.4 is 11.1 Å². The van der Waals surface area contributed by atoms with Crippen LogP contribution in [-0.2, 0) is 13.1 Å². The summed E-state index contributed by atoms with van der Waals surface area (Å²) in [5.74, 6) is -14.1. The van der Waals surface area contributed by atoms with Crippen LogP contribution in [0.25, 0.3) is 62.9 Å². The predicted octanol–water partition coefficient (Wildman–Crippen LogP) is 15.8. The lowest BCUT2D eigenvalue weighted by atomic mass is 10.0. The number of aryl methyl sites for hydroxylation is 2. The number of thiophene rings is 2. The van der Waals surface area contributed by atoms with E-state index in [0.717, 1.165) is 86.9 Å². The Labute approximate surface area is 385 Å². The summed E-state index contributed by atoms with van der Waals surface area (Å²) in [4.78, 5) is 34.3. The van der Waals surface area contributed by atoms with E-state index in [1.807, 2.05) is 0 Å². The molecule has 7 aromatic rings. The molecule has 0 bridgehead atoms. The molecule has 66 heavy (non-hydrogen) atoms. The highest BCUT2D eigenvalue weighted by molar-refractivity contribution is 7.23. The van der Waals surface area contributed by atoms with Gasteiger partial charge in [0.05, 0.1) is 31.6 Å². The van der Waals surface area contributed by atoms with Crippen LogP contribution in [0.15, 0.2) is 33.9 Å². The maximum absolute atomic E-state index is 15.3. The molecule has 0 aliphatic heterocycles. The highest BCUT2D eigenvalue weighted by Crippen LogP contribution is 2.43. The maximum atomic E-state index is 15.3. The Morgan fingerprint density at radius 3 is 1.00 bits per heavy atom. The third-order valence-electron chi connectivity index (χ3n) is 12.6. The number of unbranched alkanes of at least 4 members (excludes halogenated alkanes) is 18. The van der Waals surface area contributed by atoms with Crippen molar-refractivity contribution in [1.82, 2.24) is 19.1 Å². The monoisotopic (exact) mass is 958 g/mol. The number of hydrogen-bond donors (Lipinski definition) is 0. The highest BCUT2D eigenvalue weighted by Gasteiger charge is 2.28. The minimum absolute atomic E-state index is 0.102. The minimum atomic E-state index is -1.83. The molecule has 1 aromatic carbocycles. The highest BCUT2D eigenvalue weighted by atomic mass is 32.1. The Hall–Kier alpha value is -4.70. The normalized spacial score (nSPS) is 12.0. The van der Waals surface area contributed by atoms with E-state index in [1.165, 1.54) is 84.8 Å². The van der Waals surface area contributed by atoms with Crippen LogP contribution in [0.4, 0.5) is 35.1 Å². The molecule has 0 unspecified atom stereocenters. The molecule has 6 heterocycles. The molecule has 16 heteroatoms. The van der Waals surface area contributed by atoms with Gasteiger partial charge >= 0.3 is 0 Å². The molecule has 0 amide bonds. The van der Waals surface area contributed by atoms with E-state index in [1.54, 1.807) is 0 Å². The molecule has 0 N–H and O–H groups in total. The summed E-state index contributed by atoms with van der Waals surface area (Å²) in [6.45, 7) is 4.72. The van der Waals surface area contributed by atoms with E-state index >= 15 is 17.6 Å². The van der Waals surface area contributed by atoms with E-state index in [0.29, 0.717) is 22.2 Å². The van der Waals surface area contributed by atoms with Gasteiger partial charge in [0.25, 0.3) is 34.9 Å². The molecular weight excluding hydrogens is 905 g/mol. The van der Waals surface area contributed by atoms with Crippen molar-refractivity contribution < 1.29 is 35.1 Å². The fraction of sp³-hybridized carbons (Fsp3) is 0.480. The molecule has 0 spiro atoms. The van der Waals surface area contributed by atoms with E-state index in [9.17, 15) is 27.2 Å². The lowest BCUT2D eigenvalue weighted by Crippen LogP contribution is -2.22. The zero-order chi connectivity index (χ0) is 47.1. The lowest BCUT2D eigenvalue weighted by Gasteiger charge is -2.14. The summed E-state index contributed by atoms with van der Waals surface area (Å²) in [6.07, 6.45) is 20.6. The molecule has 354 valence electrons. The van der Waals surface area contributed by atoms with Crippen LogP contribution in [0, 0.1) is 47.1 Å². The van der Waals surface area contributed by atoms with Crippen LogP contribution in [0.5, 0.6) is 0 Å². The largest absolute Gasteiger partial charge is 0.307 e. The average molecular weight is 959 g/mol. The summed E-state index contributed by atoms with van der Waals surface area (Å²) < 4.78 is 122. The van der Waals surface area contributed by atoms with E-state index in [-0.39, 0.29) is 55.4 Å². The summed E-state index contributed by atoms with van der Waals surface area (Å²) in [6, 6.07) is 5.61. The molecule has 7 rings (SSSR count). The summed E-state index contributed by atoms with van der Waals surface area (Å²) in [7, 11) is 0. The zero-order valence-electron chi connectivity index (χ0n) is 37.3. The predicted molar refractivity (Wildman–Crippen MR) is 251 cm³/mol. The van der Waals surface area contributed by atoms with Gasteiger partial charge in [0.1, 0.15) is 0 Å². The quantitative estimate of drug-likeness (QED) is 0.0262. The van der Waals surface area contributed by atoms with Crippen LogP contribution >= 0.6 is 22.7 Å². The second-order valence-corrected chi connectivity index (χ2v) is 19.4. The molecule has 0 aliphatic carbocycles. The Morgan fingerprint density at radius 2 is 0.697 bits per heavy atom. The maximum Gasteiger partial charge on any atom is 0.258 e. The van der Waals surface area contributed by atoms with Gasteiger partial charge in [-0.3, -0.25) is 9.59 Å². The topological polar surface area (TPSA) is 69.8 Å². The fourth-order valence-corrected chi connectivity index (χ4v) is 11.4. The first-order valence-corrected chi connectivity index (χ1v) is 25.0. The van der Waals surface area contributed by atoms with Crippen molar-refractivity contribution in [2.75, 3.05) is 0 Å².